The molecule has 2 rings (SSSR count). The maximum absolute atomic E-state index is 12.3. The summed E-state index contributed by atoms with van der Waals surface area (Å²) in [5.41, 5.74) is 5.78. The van der Waals surface area contributed by atoms with Gasteiger partial charge in [0, 0.05) is 17.7 Å². The standard InChI is InChI=1S/C19H30N2O4/c1-6-16-19(5,23)12(10-17(22)25-18(2,3)4)9-15(24-16)13-7-8-21-11-14(13)20/h7-8,11-12,15-16,23H,6,9-10,20H2,1-5H3/t12-,15+,16+,19-/m1/s1. The fourth-order valence-corrected chi connectivity index (χ4v) is 3.45. The molecule has 0 amide bonds. The van der Waals surface area contributed by atoms with Crippen LogP contribution in [0.4, 0.5) is 5.69 Å². The number of carbonyl (C=O) groups is 1. The van der Waals surface area contributed by atoms with E-state index in [-0.39, 0.29) is 30.5 Å². The Hall–Kier alpha value is -1.66. The maximum Gasteiger partial charge on any atom is 0.306 e. The summed E-state index contributed by atoms with van der Waals surface area (Å²) in [6, 6.07) is 1.83. The van der Waals surface area contributed by atoms with Crippen LogP contribution in [0, 0.1) is 5.92 Å². The number of nitrogens with zero attached hydrogens (tertiary/aromatic N) is 1. The van der Waals surface area contributed by atoms with Gasteiger partial charge in [0.25, 0.3) is 0 Å². The summed E-state index contributed by atoms with van der Waals surface area (Å²) in [7, 11) is 0. The zero-order valence-corrected chi connectivity index (χ0v) is 15.8. The van der Waals surface area contributed by atoms with Crippen LogP contribution in [0.2, 0.25) is 0 Å². The molecule has 1 aliphatic rings. The summed E-state index contributed by atoms with van der Waals surface area (Å²) < 4.78 is 11.6. The summed E-state index contributed by atoms with van der Waals surface area (Å²) >= 11 is 0. The Kier molecular flexibility index (Phi) is 5.74. The second kappa shape index (κ2) is 7.30. The summed E-state index contributed by atoms with van der Waals surface area (Å²) in [4.78, 5) is 16.3. The lowest BCUT2D eigenvalue weighted by atomic mass is 9.74. The molecule has 25 heavy (non-hydrogen) atoms. The molecule has 0 spiro atoms. The predicted octanol–water partition coefficient (Wildman–Crippen LogP) is 3.00. The largest absolute Gasteiger partial charge is 0.460 e. The Bertz CT molecular complexity index is 610. The first-order valence-corrected chi connectivity index (χ1v) is 8.83. The number of hydrogen-bond donors (Lipinski definition) is 2. The summed E-state index contributed by atoms with van der Waals surface area (Å²) in [5, 5.41) is 11.0. The highest BCUT2D eigenvalue weighted by Gasteiger charge is 2.47. The Morgan fingerprint density at radius 3 is 2.76 bits per heavy atom. The van der Waals surface area contributed by atoms with E-state index in [0.29, 0.717) is 18.5 Å². The van der Waals surface area contributed by atoms with Gasteiger partial charge in [0.15, 0.2) is 0 Å². The molecule has 0 aliphatic carbocycles. The first-order valence-electron chi connectivity index (χ1n) is 8.83. The van der Waals surface area contributed by atoms with Crippen molar-refractivity contribution in [1.29, 1.82) is 0 Å². The van der Waals surface area contributed by atoms with Crippen LogP contribution >= 0.6 is 0 Å². The molecule has 6 heteroatoms. The number of ether oxygens (including phenoxy) is 2. The quantitative estimate of drug-likeness (QED) is 0.811. The van der Waals surface area contributed by atoms with Gasteiger partial charge in [-0.05, 0) is 46.6 Å². The van der Waals surface area contributed by atoms with Crippen LogP contribution in [-0.2, 0) is 14.3 Å². The van der Waals surface area contributed by atoms with Crippen molar-refractivity contribution in [3.8, 4) is 0 Å². The highest BCUT2D eigenvalue weighted by atomic mass is 16.6. The zero-order chi connectivity index (χ0) is 18.8. The van der Waals surface area contributed by atoms with E-state index in [1.807, 2.05) is 33.8 Å². The van der Waals surface area contributed by atoms with Gasteiger partial charge < -0.3 is 20.3 Å². The fourth-order valence-electron chi connectivity index (χ4n) is 3.45. The van der Waals surface area contributed by atoms with Gasteiger partial charge in [-0.25, -0.2) is 0 Å². The second-order valence-corrected chi connectivity index (χ2v) is 7.98. The monoisotopic (exact) mass is 350 g/mol. The van der Waals surface area contributed by atoms with Crippen molar-refractivity contribution in [1.82, 2.24) is 4.98 Å². The predicted molar refractivity (Wildman–Crippen MR) is 95.7 cm³/mol. The molecule has 0 aromatic carbocycles. The number of pyridine rings is 1. The molecule has 6 nitrogen and oxygen atoms in total. The first kappa shape index (κ1) is 19.7. The molecular weight excluding hydrogens is 320 g/mol. The number of rotatable bonds is 4. The highest BCUT2D eigenvalue weighted by molar-refractivity contribution is 5.70. The number of nitrogen functional groups attached to an aromatic ring is 1. The minimum absolute atomic E-state index is 0.144. The highest BCUT2D eigenvalue weighted by Crippen LogP contribution is 2.44. The number of anilines is 1. The Morgan fingerprint density at radius 2 is 2.20 bits per heavy atom. The first-order chi connectivity index (χ1) is 11.5. The molecule has 1 aromatic rings. The van der Waals surface area contributed by atoms with Crippen molar-refractivity contribution in [2.45, 2.75) is 77.3 Å². The third kappa shape index (κ3) is 4.70. The number of esters is 1. The van der Waals surface area contributed by atoms with Crippen molar-refractivity contribution < 1.29 is 19.4 Å². The van der Waals surface area contributed by atoms with Gasteiger partial charge in [0.1, 0.15) is 5.60 Å². The molecule has 0 saturated carbocycles. The summed E-state index contributed by atoms with van der Waals surface area (Å²) in [6.07, 6.45) is 3.88. The van der Waals surface area contributed by atoms with Crippen molar-refractivity contribution in [2.24, 2.45) is 5.92 Å². The number of nitrogens with two attached hydrogens (primary N) is 1. The van der Waals surface area contributed by atoms with Crippen molar-refractivity contribution in [2.75, 3.05) is 5.73 Å². The van der Waals surface area contributed by atoms with E-state index < -0.39 is 11.2 Å². The van der Waals surface area contributed by atoms with Crippen LogP contribution in [0.25, 0.3) is 0 Å². The van der Waals surface area contributed by atoms with E-state index in [1.54, 1.807) is 19.3 Å². The molecule has 2 heterocycles. The van der Waals surface area contributed by atoms with Crippen LogP contribution in [0.15, 0.2) is 18.5 Å². The number of hydrogen-bond acceptors (Lipinski definition) is 6. The molecule has 0 bridgehead atoms. The number of carbonyl (C=O) groups excluding carboxylic acids is 1. The minimum Gasteiger partial charge on any atom is -0.460 e. The van der Waals surface area contributed by atoms with Gasteiger partial charge in [0.2, 0.25) is 0 Å². The minimum atomic E-state index is -1.11. The summed E-state index contributed by atoms with van der Waals surface area (Å²) in [5.74, 6) is -0.588. The number of aliphatic hydroxyl groups is 1. The fraction of sp³-hybridized carbons (Fsp3) is 0.684. The zero-order valence-electron chi connectivity index (χ0n) is 15.8. The normalized spacial score (nSPS) is 30.1. The summed E-state index contributed by atoms with van der Waals surface area (Å²) in [6.45, 7) is 9.21. The SMILES string of the molecule is CC[C@@H]1O[C@H](c2ccncc2N)C[C@H](CC(=O)OC(C)(C)C)[C@@]1(C)O. The van der Waals surface area contributed by atoms with Crippen LogP contribution in [0.3, 0.4) is 0 Å². The third-order valence-electron chi connectivity index (χ3n) is 4.74. The topological polar surface area (TPSA) is 94.7 Å². The molecule has 3 N–H and O–H groups in total. The van der Waals surface area contributed by atoms with Gasteiger partial charge in [0.05, 0.1) is 36.1 Å². The van der Waals surface area contributed by atoms with E-state index >= 15 is 0 Å². The molecule has 1 aromatic heterocycles. The lowest BCUT2D eigenvalue weighted by molar-refractivity contribution is -0.206. The van der Waals surface area contributed by atoms with Crippen molar-refractivity contribution in [3.05, 3.63) is 24.0 Å². The van der Waals surface area contributed by atoms with Gasteiger partial charge >= 0.3 is 5.97 Å². The van der Waals surface area contributed by atoms with E-state index in [0.717, 1.165) is 5.56 Å². The van der Waals surface area contributed by atoms with Crippen molar-refractivity contribution >= 4 is 11.7 Å². The average molecular weight is 350 g/mol. The Morgan fingerprint density at radius 1 is 1.52 bits per heavy atom. The lowest BCUT2D eigenvalue weighted by Crippen LogP contribution is -2.52. The molecule has 4 atom stereocenters. The van der Waals surface area contributed by atoms with Crippen LogP contribution in [0.5, 0.6) is 0 Å². The van der Waals surface area contributed by atoms with E-state index in [2.05, 4.69) is 4.98 Å². The van der Waals surface area contributed by atoms with Gasteiger partial charge in [-0.15, -0.1) is 0 Å². The Labute approximate surface area is 149 Å². The van der Waals surface area contributed by atoms with Gasteiger partial charge in [-0.1, -0.05) is 6.92 Å². The third-order valence-corrected chi connectivity index (χ3v) is 4.74. The lowest BCUT2D eigenvalue weighted by Gasteiger charge is -2.46. The average Bonchev–Trinajstić information content (AvgIpc) is 2.48. The molecule has 1 fully saturated rings. The molecule has 0 radical (unpaired) electrons. The van der Waals surface area contributed by atoms with Crippen LogP contribution in [-0.4, -0.2) is 33.4 Å². The smallest absolute Gasteiger partial charge is 0.306 e. The maximum atomic E-state index is 12.3. The number of aromatic nitrogens is 1. The van der Waals surface area contributed by atoms with E-state index in [4.69, 9.17) is 15.2 Å². The van der Waals surface area contributed by atoms with Crippen LogP contribution in [0.1, 0.15) is 65.5 Å². The van der Waals surface area contributed by atoms with Crippen LogP contribution < -0.4 is 5.73 Å². The molecule has 140 valence electrons. The molecule has 1 aliphatic heterocycles. The van der Waals surface area contributed by atoms with Gasteiger partial charge in [-0.3, -0.25) is 9.78 Å². The van der Waals surface area contributed by atoms with Gasteiger partial charge in [-0.2, -0.15) is 0 Å². The second-order valence-electron chi connectivity index (χ2n) is 7.98. The van der Waals surface area contributed by atoms with Crippen molar-refractivity contribution in [3.63, 3.8) is 0 Å². The molecule has 1 saturated heterocycles. The van der Waals surface area contributed by atoms with E-state index in [1.165, 1.54) is 0 Å². The van der Waals surface area contributed by atoms with E-state index in [9.17, 15) is 9.90 Å². The molecular formula is C19H30N2O4. The Balaban J connectivity index is 2.23. The molecule has 0 unspecified atom stereocenters.